The molecule has 0 bridgehead atoms. The van der Waals surface area contributed by atoms with Crippen LogP contribution in [0.4, 0.5) is 0 Å². The van der Waals surface area contributed by atoms with E-state index in [0.29, 0.717) is 0 Å². The Balaban J connectivity index is 3.07. The second-order valence-corrected chi connectivity index (χ2v) is 2.13. The van der Waals surface area contributed by atoms with Gasteiger partial charge in [0.05, 0.1) is 7.11 Å². The first-order valence-electron chi connectivity index (χ1n) is 3.05. The molecule has 53 valence electrons. The van der Waals surface area contributed by atoms with Crippen LogP contribution in [0.25, 0.3) is 0 Å². The van der Waals surface area contributed by atoms with Crippen molar-refractivity contribution in [3.8, 4) is 11.5 Å². The zero-order valence-electron chi connectivity index (χ0n) is 6.05. The first kappa shape index (κ1) is 6.93. The molecule has 0 saturated carbocycles. The molecule has 0 aliphatic rings. The Labute approximate surface area is 60.1 Å². The lowest BCUT2D eigenvalue weighted by Gasteiger charge is -2.01. The molecular formula is C8H9O2. The van der Waals surface area contributed by atoms with E-state index in [-0.39, 0.29) is 5.75 Å². The van der Waals surface area contributed by atoms with Crippen LogP contribution in [0.3, 0.4) is 0 Å². The van der Waals surface area contributed by atoms with Crippen LogP contribution in [0.5, 0.6) is 11.5 Å². The average molecular weight is 137 g/mol. The van der Waals surface area contributed by atoms with Crippen LogP contribution in [0.15, 0.2) is 18.2 Å². The van der Waals surface area contributed by atoms with Crippen LogP contribution < -0.4 is 4.74 Å². The quantitative estimate of drug-likeness (QED) is 0.583. The third-order valence-electron chi connectivity index (χ3n) is 1.37. The van der Waals surface area contributed by atoms with Crippen LogP contribution in [-0.2, 0) is 5.11 Å². The van der Waals surface area contributed by atoms with E-state index < -0.39 is 0 Å². The molecule has 1 aromatic rings. The smallest absolute Gasteiger partial charge is 0.179 e. The maximum atomic E-state index is 10.7. The molecule has 0 amide bonds. The fourth-order valence-electron chi connectivity index (χ4n) is 0.851. The molecule has 0 spiro atoms. The number of ether oxygens (including phenoxy) is 1. The summed E-state index contributed by atoms with van der Waals surface area (Å²) in [5.41, 5.74) is 0.884. The maximum absolute atomic E-state index is 10.7. The summed E-state index contributed by atoms with van der Waals surface area (Å²) in [7, 11) is 1.59. The number of rotatable bonds is 1. The van der Waals surface area contributed by atoms with Crippen molar-refractivity contribution >= 4 is 0 Å². The number of methoxy groups -OCH3 is 1. The van der Waals surface area contributed by atoms with E-state index in [2.05, 4.69) is 0 Å². The second kappa shape index (κ2) is 2.60. The Morgan fingerprint density at radius 3 is 2.60 bits per heavy atom. The molecule has 0 N–H and O–H groups in total. The molecule has 0 unspecified atom stereocenters. The van der Waals surface area contributed by atoms with E-state index in [0.717, 1.165) is 11.3 Å². The first-order valence-corrected chi connectivity index (χ1v) is 3.05. The van der Waals surface area contributed by atoms with E-state index in [1.165, 1.54) is 6.07 Å². The van der Waals surface area contributed by atoms with Crippen molar-refractivity contribution in [2.24, 2.45) is 0 Å². The normalized spacial score (nSPS) is 9.40. The Morgan fingerprint density at radius 1 is 1.40 bits per heavy atom. The number of benzene rings is 1. The highest BCUT2D eigenvalue weighted by Crippen LogP contribution is 2.21. The molecule has 0 saturated heterocycles. The minimum absolute atomic E-state index is 0.0262. The van der Waals surface area contributed by atoms with Gasteiger partial charge in [0, 0.05) is 0 Å². The van der Waals surface area contributed by atoms with E-state index in [9.17, 15) is 5.11 Å². The van der Waals surface area contributed by atoms with Crippen molar-refractivity contribution in [1.29, 1.82) is 0 Å². The Morgan fingerprint density at radius 2 is 2.10 bits per heavy atom. The van der Waals surface area contributed by atoms with Crippen molar-refractivity contribution in [1.82, 2.24) is 0 Å². The molecule has 0 atom stereocenters. The van der Waals surface area contributed by atoms with Gasteiger partial charge in [-0.25, -0.2) is 0 Å². The molecule has 10 heavy (non-hydrogen) atoms. The van der Waals surface area contributed by atoms with Gasteiger partial charge in [0.1, 0.15) is 5.75 Å². The van der Waals surface area contributed by atoms with Gasteiger partial charge in [0.2, 0.25) is 0 Å². The van der Waals surface area contributed by atoms with Gasteiger partial charge in [-0.05, 0) is 30.7 Å². The van der Waals surface area contributed by atoms with Crippen molar-refractivity contribution in [2.45, 2.75) is 6.92 Å². The molecule has 0 heterocycles. The summed E-state index contributed by atoms with van der Waals surface area (Å²) in [6.07, 6.45) is 0. The van der Waals surface area contributed by atoms with Gasteiger partial charge in [-0.2, -0.15) is 0 Å². The Kier molecular flexibility index (Phi) is 1.81. The van der Waals surface area contributed by atoms with Gasteiger partial charge < -0.3 is 4.74 Å². The minimum atomic E-state index is 0.0262. The highest BCUT2D eigenvalue weighted by atomic mass is 16.5. The Hall–Kier alpha value is -1.18. The van der Waals surface area contributed by atoms with E-state index in [1.54, 1.807) is 19.2 Å². The predicted molar refractivity (Wildman–Crippen MR) is 37.9 cm³/mol. The summed E-state index contributed by atoms with van der Waals surface area (Å²) >= 11 is 0. The van der Waals surface area contributed by atoms with Gasteiger partial charge in [-0.3, -0.25) is 5.11 Å². The highest BCUT2D eigenvalue weighted by molar-refractivity contribution is 5.38. The fraction of sp³-hybridized carbons (Fsp3) is 0.250. The maximum Gasteiger partial charge on any atom is 0.179 e. The molecule has 0 fully saturated rings. The molecular weight excluding hydrogens is 128 g/mol. The van der Waals surface area contributed by atoms with E-state index in [4.69, 9.17) is 4.74 Å². The largest absolute Gasteiger partial charge is 0.496 e. The van der Waals surface area contributed by atoms with Gasteiger partial charge >= 0.3 is 0 Å². The lowest BCUT2D eigenvalue weighted by molar-refractivity contribution is 0.352. The van der Waals surface area contributed by atoms with Crippen molar-refractivity contribution in [2.75, 3.05) is 7.11 Å². The molecule has 1 rings (SSSR count). The van der Waals surface area contributed by atoms with Crippen LogP contribution in [-0.4, -0.2) is 7.11 Å². The highest BCUT2D eigenvalue weighted by Gasteiger charge is 1.97. The molecule has 1 radical (unpaired) electrons. The average Bonchev–Trinajstić information content (AvgIpc) is 1.88. The van der Waals surface area contributed by atoms with Crippen molar-refractivity contribution in [3.05, 3.63) is 23.8 Å². The van der Waals surface area contributed by atoms with Crippen LogP contribution in [0, 0.1) is 6.92 Å². The summed E-state index contributed by atoms with van der Waals surface area (Å²) in [5.74, 6) is 0.790. The van der Waals surface area contributed by atoms with Crippen molar-refractivity contribution < 1.29 is 9.84 Å². The standard InChI is InChI=1S/C8H9O2/c1-6-5-7(9)3-4-8(6)10-2/h3-5H,1-2H3. The van der Waals surface area contributed by atoms with Gasteiger partial charge in [0.25, 0.3) is 0 Å². The lowest BCUT2D eigenvalue weighted by Crippen LogP contribution is -1.84. The zero-order chi connectivity index (χ0) is 7.56. The number of hydrogen-bond donors (Lipinski definition) is 0. The van der Waals surface area contributed by atoms with Crippen LogP contribution >= 0.6 is 0 Å². The minimum Gasteiger partial charge on any atom is -0.496 e. The van der Waals surface area contributed by atoms with Gasteiger partial charge in [-0.1, -0.05) is 0 Å². The Bertz CT molecular complexity index is 231. The number of hydrogen-bond acceptors (Lipinski definition) is 1. The topological polar surface area (TPSA) is 29.1 Å². The molecule has 0 aliphatic carbocycles. The molecule has 0 aliphatic heterocycles. The van der Waals surface area contributed by atoms with Crippen LogP contribution in [0.2, 0.25) is 0 Å². The number of aryl methyl sites for hydroxylation is 1. The summed E-state index contributed by atoms with van der Waals surface area (Å²) < 4.78 is 4.96. The SMILES string of the molecule is COc1ccc([O])cc1C. The summed E-state index contributed by atoms with van der Waals surface area (Å²) in [4.78, 5) is 0. The van der Waals surface area contributed by atoms with Crippen LogP contribution in [0.1, 0.15) is 5.56 Å². The van der Waals surface area contributed by atoms with Gasteiger partial charge in [0.15, 0.2) is 5.75 Å². The van der Waals surface area contributed by atoms with Gasteiger partial charge in [-0.15, -0.1) is 0 Å². The monoisotopic (exact) mass is 137 g/mol. The zero-order valence-corrected chi connectivity index (χ0v) is 6.05. The molecule has 2 heteroatoms. The first-order chi connectivity index (χ1) is 4.74. The van der Waals surface area contributed by atoms with E-state index in [1.807, 2.05) is 6.92 Å². The summed E-state index contributed by atoms with van der Waals surface area (Å²) in [5, 5.41) is 10.7. The third-order valence-corrected chi connectivity index (χ3v) is 1.37. The third kappa shape index (κ3) is 1.21. The second-order valence-electron chi connectivity index (χ2n) is 2.13. The molecule has 0 aromatic heterocycles. The van der Waals surface area contributed by atoms with Crippen molar-refractivity contribution in [3.63, 3.8) is 0 Å². The molecule has 2 nitrogen and oxygen atoms in total. The van der Waals surface area contributed by atoms with E-state index >= 15 is 0 Å². The lowest BCUT2D eigenvalue weighted by atomic mass is 10.2. The molecule has 1 aromatic carbocycles. The summed E-state index contributed by atoms with van der Waals surface area (Å²) in [6.45, 7) is 1.85. The predicted octanol–water partition coefficient (Wildman–Crippen LogP) is 2.15. The fourth-order valence-corrected chi connectivity index (χ4v) is 0.851. The summed E-state index contributed by atoms with van der Waals surface area (Å²) in [6, 6.07) is 4.72.